The third-order valence-corrected chi connectivity index (χ3v) is 5.89. The van der Waals surface area contributed by atoms with E-state index in [2.05, 4.69) is 4.99 Å². The second-order valence-corrected chi connectivity index (χ2v) is 8.48. The molecule has 2 aromatic rings. The van der Waals surface area contributed by atoms with Crippen molar-refractivity contribution in [3.8, 4) is 0 Å². The number of carbonyl (C=O) groups excluding carboxylic acids is 1. The number of amides is 1. The fourth-order valence-electron chi connectivity index (χ4n) is 2.78. The molecule has 8 heteroatoms. The van der Waals surface area contributed by atoms with Crippen LogP contribution < -0.4 is 0 Å². The Labute approximate surface area is 176 Å². The van der Waals surface area contributed by atoms with Gasteiger partial charge in [-0.1, -0.05) is 41.6 Å². The Bertz CT molecular complexity index is 969. The summed E-state index contributed by atoms with van der Waals surface area (Å²) in [5.41, 5.74) is -0.336. The summed E-state index contributed by atoms with van der Waals surface area (Å²) < 4.78 is 38.9. The smallest absolute Gasteiger partial charge is 0.281 e. The maximum Gasteiger partial charge on any atom is 0.416 e. The molecule has 0 bridgehead atoms. The van der Waals surface area contributed by atoms with Gasteiger partial charge < -0.3 is 0 Å². The van der Waals surface area contributed by atoms with Crippen molar-refractivity contribution in [1.82, 2.24) is 4.90 Å². The molecule has 0 unspecified atom stereocenters. The molecule has 0 radical (unpaired) electrons. The van der Waals surface area contributed by atoms with Crippen LogP contribution in [0.1, 0.15) is 25.0 Å². The van der Waals surface area contributed by atoms with Gasteiger partial charge in [0, 0.05) is 16.9 Å². The molecule has 1 aliphatic heterocycles. The number of alkyl halides is 3. The van der Waals surface area contributed by atoms with Crippen LogP contribution in [0.3, 0.4) is 0 Å². The summed E-state index contributed by atoms with van der Waals surface area (Å²) in [7, 11) is 0. The van der Waals surface area contributed by atoms with Crippen LogP contribution in [0.4, 0.5) is 18.9 Å². The SMILES string of the molecule is CC1(C)CSC(=Nc2cccc(C(F)(F)F)c2)N1C(=O)/C=C/c1ccc(Cl)cc1. The van der Waals surface area contributed by atoms with Crippen LogP contribution in [-0.2, 0) is 11.0 Å². The van der Waals surface area contributed by atoms with Crippen LogP contribution in [0.15, 0.2) is 59.6 Å². The van der Waals surface area contributed by atoms with E-state index in [4.69, 9.17) is 11.6 Å². The quantitative estimate of drug-likeness (QED) is 0.518. The van der Waals surface area contributed by atoms with E-state index >= 15 is 0 Å². The second kappa shape index (κ2) is 8.24. The zero-order valence-electron chi connectivity index (χ0n) is 15.7. The van der Waals surface area contributed by atoms with Crippen molar-refractivity contribution in [2.45, 2.75) is 25.6 Å². The number of thioether (sulfide) groups is 1. The van der Waals surface area contributed by atoms with Crippen LogP contribution in [0.25, 0.3) is 6.08 Å². The largest absolute Gasteiger partial charge is 0.416 e. The zero-order valence-corrected chi connectivity index (χ0v) is 17.3. The van der Waals surface area contributed by atoms with Crippen molar-refractivity contribution < 1.29 is 18.0 Å². The van der Waals surface area contributed by atoms with Crippen molar-refractivity contribution in [2.75, 3.05) is 5.75 Å². The molecule has 0 N–H and O–H groups in total. The fourth-order valence-corrected chi connectivity index (χ4v) is 4.16. The summed E-state index contributed by atoms with van der Waals surface area (Å²) in [5, 5.41) is 0.973. The third-order valence-electron chi connectivity index (χ3n) is 4.26. The van der Waals surface area contributed by atoms with Crippen LogP contribution >= 0.6 is 23.4 Å². The topological polar surface area (TPSA) is 32.7 Å². The van der Waals surface area contributed by atoms with E-state index < -0.39 is 17.3 Å². The number of amidine groups is 1. The van der Waals surface area contributed by atoms with Crippen LogP contribution in [-0.4, -0.2) is 27.3 Å². The maximum absolute atomic E-state index is 13.0. The number of aliphatic imine (C=N–C) groups is 1. The Morgan fingerprint density at radius 1 is 1.21 bits per heavy atom. The predicted molar refractivity (Wildman–Crippen MR) is 112 cm³/mol. The van der Waals surface area contributed by atoms with Gasteiger partial charge in [0.2, 0.25) is 0 Å². The number of benzene rings is 2. The number of rotatable bonds is 3. The summed E-state index contributed by atoms with van der Waals surface area (Å²) in [4.78, 5) is 18.7. The first-order valence-electron chi connectivity index (χ1n) is 8.73. The van der Waals surface area contributed by atoms with Gasteiger partial charge in [0.1, 0.15) is 0 Å². The number of carbonyl (C=O) groups is 1. The number of hydrogen-bond acceptors (Lipinski definition) is 3. The first kappa shape index (κ1) is 21.5. The average Bonchev–Trinajstić information content (AvgIpc) is 2.95. The monoisotopic (exact) mass is 438 g/mol. The molecule has 3 nitrogen and oxygen atoms in total. The Hall–Kier alpha value is -2.25. The minimum atomic E-state index is -4.45. The molecule has 1 saturated heterocycles. The number of hydrogen-bond donors (Lipinski definition) is 0. The highest BCUT2D eigenvalue weighted by Crippen LogP contribution is 2.36. The predicted octanol–water partition coefficient (Wildman–Crippen LogP) is 6.41. The lowest BCUT2D eigenvalue weighted by Gasteiger charge is -2.29. The van der Waals surface area contributed by atoms with Gasteiger partial charge >= 0.3 is 6.18 Å². The van der Waals surface area contributed by atoms with Gasteiger partial charge in [0.15, 0.2) is 5.17 Å². The number of halogens is 4. The van der Waals surface area contributed by atoms with Gasteiger partial charge in [-0.25, -0.2) is 4.99 Å². The molecular formula is C21H18ClF3N2OS. The van der Waals surface area contributed by atoms with Gasteiger partial charge in [-0.3, -0.25) is 9.69 Å². The second-order valence-electron chi connectivity index (χ2n) is 7.10. The van der Waals surface area contributed by atoms with Crippen molar-refractivity contribution in [2.24, 2.45) is 4.99 Å². The molecular weight excluding hydrogens is 421 g/mol. The Morgan fingerprint density at radius 2 is 1.90 bits per heavy atom. The van der Waals surface area contributed by atoms with E-state index in [0.717, 1.165) is 17.7 Å². The van der Waals surface area contributed by atoms with Crippen LogP contribution in [0, 0.1) is 0 Å². The van der Waals surface area contributed by atoms with Crippen molar-refractivity contribution in [3.05, 3.63) is 70.8 Å². The molecule has 0 aliphatic carbocycles. The van der Waals surface area contributed by atoms with Gasteiger partial charge in [-0.2, -0.15) is 13.2 Å². The highest BCUT2D eigenvalue weighted by atomic mass is 35.5. The van der Waals surface area contributed by atoms with E-state index in [9.17, 15) is 18.0 Å². The Morgan fingerprint density at radius 3 is 2.55 bits per heavy atom. The van der Waals surface area contributed by atoms with Crippen LogP contribution in [0.2, 0.25) is 5.02 Å². The standard InChI is InChI=1S/C21H18ClF3N2OS/c1-20(2)13-29-19(26-17-5-3-4-15(12-17)21(23,24)25)27(20)18(28)11-8-14-6-9-16(22)10-7-14/h3-12H,13H2,1-2H3/b11-8+,26-19?. The van der Waals surface area contributed by atoms with E-state index in [1.807, 2.05) is 13.8 Å². The molecule has 2 aromatic carbocycles. The summed E-state index contributed by atoms with van der Waals surface area (Å²) in [5.74, 6) is 0.298. The first-order valence-corrected chi connectivity index (χ1v) is 10.1. The van der Waals surface area contributed by atoms with E-state index in [1.54, 1.807) is 30.3 Å². The summed E-state index contributed by atoms with van der Waals surface area (Å²) in [6.07, 6.45) is -1.35. The molecule has 29 heavy (non-hydrogen) atoms. The Balaban J connectivity index is 1.88. The molecule has 0 saturated carbocycles. The highest BCUT2D eigenvalue weighted by molar-refractivity contribution is 8.14. The van der Waals surface area contributed by atoms with Gasteiger partial charge in [-0.15, -0.1) is 0 Å². The van der Waals surface area contributed by atoms with E-state index in [0.29, 0.717) is 15.9 Å². The minimum absolute atomic E-state index is 0.152. The summed E-state index contributed by atoms with van der Waals surface area (Å²) >= 11 is 7.20. The summed E-state index contributed by atoms with van der Waals surface area (Å²) in [6, 6.07) is 11.8. The first-order chi connectivity index (χ1) is 13.6. The van der Waals surface area contributed by atoms with Gasteiger partial charge in [-0.05, 0) is 55.8 Å². The van der Waals surface area contributed by atoms with Crippen molar-refractivity contribution in [1.29, 1.82) is 0 Å². The third kappa shape index (κ3) is 5.22. The lowest BCUT2D eigenvalue weighted by Crippen LogP contribution is -2.45. The van der Waals surface area contributed by atoms with E-state index in [1.165, 1.54) is 34.9 Å². The molecule has 3 rings (SSSR count). The lowest BCUT2D eigenvalue weighted by atomic mass is 10.1. The molecule has 0 atom stereocenters. The molecule has 1 aliphatic rings. The molecule has 152 valence electrons. The van der Waals surface area contributed by atoms with Crippen LogP contribution in [0.5, 0.6) is 0 Å². The number of nitrogens with zero attached hydrogens (tertiary/aromatic N) is 2. The van der Waals surface area contributed by atoms with E-state index in [-0.39, 0.29) is 11.6 Å². The normalized spacial score (nSPS) is 18.0. The average molecular weight is 439 g/mol. The van der Waals surface area contributed by atoms with Gasteiger partial charge in [0.25, 0.3) is 5.91 Å². The van der Waals surface area contributed by atoms with Gasteiger partial charge in [0.05, 0.1) is 16.8 Å². The molecule has 0 spiro atoms. The van der Waals surface area contributed by atoms with Crippen molar-refractivity contribution >= 4 is 46.2 Å². The highest BCUT2D eigenvalue weighted by Gasteiger charge is 2.40. The zero-order chi connectivity index (χ0) is 21.2. The molecule has 0 aromatic heterocycles. The lowest BCUT2D eigenvalue weighted by molar-refractivity contribution is -0.137. The Kier molecular flexibility index (Phi) is 6.10. The maximum atomic E-state index is 13.0. The molecule has 1 amide bonds. The fraction of sp³-hybridized carbons (Fsp3) is 0.238. The molecule has 1 heterocycles. The summed E-state index contributed by atoms with van der Waals surface area (Å²) in [6.45, 7) is 3.78. The van der Waals surface area contributed by atoms with Crippen molar-refractivity contribution in [3.63, 3.8) is 0 Å². The molecule has 1 fully saturated rings. The minimum Gasteiger partial charge on any atom is -0.281 e.